The second kappa shape index (κ2) is 14.2. The third-order valence-corrected chi connectivity index (χ3v) is 6.33. The maximum atomic E-state index is 13.2. The highest BCUT2D eigenvalue weighted by atomic mass is 16.2. The molecular weight excluding hydrogens is 526 g/mol. The molecule has 0 saturated carbocycles. The summed E-state index contributed by atoms with van der Waals surface area (Å²) in [7, 11) is 0. The van der Waals surface area contributed by atoms with Gasteiger partial charge in [-0.25, -0.2) is 0 Å². The van der Waals surface area contributed by atoms with E-state index in [2.05, 4.69) is 21.3 Å². The smallest absolute Gasteiger partial charge is 0.289 e. The lowest BCUT2D eigenvalue weighted by atomic mass is 9.85. The molecule has 0 unspecified atom stereocenters. The van der Waals surface area contributed by atoms with Gasteiger partial charge in [-0.15, -0.1) is 0 Å². The minimum absolute atomic E-state index is 0.0280. The summed E-state index contributed by atoms with van der Waals surface area (Å²) in [5.74, 6) is -4.52. The van der Waals surface area contributed by atoms with Crippen LogP contribution in [0.3, 0.4) is 0 Å². The number of carbonyl (C=O) groups excluding carboxylic acids is 6. The summed E-state index contributed by atoms with van der Waals surface area (Å²) in [4.78, 5) is 75.8. The molecule has 5 amide bonds. The van der Waals surface area contributed by atoms with Crippen LogP contribution in [0.4, 0.5) is 0 Å². The van der Waals surface area contributed by atoms with E-state index in [0.29, 0.717) is 11.1 Å². The predicted octanol–water partition coefficient (Wildman–Crippen LogP) is 1.46. The van der Waals surface area contributed by atoms with Gasteiger partial charge in [-0.05, 0) is 48.1 Å². The van der Waals surface area contributed by atoms with E-state index < -0.39 is 64.8 Å². The summed E-state index contributed by atoms with van der Waals surface area (Å²) in [6.07, 6.45) is 0. The molecule has 11 heteroatoms. The van der Waals surface area contributed by atoms with Crippen LogP contribution < -0.4 is 27.0 Å². The van der Waals surface area contributed by atoms with Gasteiger partial charge >= 0.3 is 0 Å². The molecule has 41 heavy (non-hydrogen) atoms. The molecule has 0 aliphatic heterocycles. The van der Waals surface area contributed by atoms with Crippen LogP contribution in [0.2, 0.25) is 0 Å². The van der Waals surface area contributed by atoms with Crippen LogP contribution in [-0.2, 0) is 25.7 Å². The molecular formula is C30H39N5O6. The van der Waals surface area contributed by atoms with E-state index in [1.807, 2.05) is 0 Å². The van der Waals surface area contributed by atoms with Crippen molar-refractivity contribution in [1.29, 1.82) is 0 Å². The Morgan fingerprint density at radius 3 is 1.95 bits per heavy atom. The molecule has 3 atom stereocenters. The number of hydrogen-bond donors (Lipinski definition) is 5. The van der Waals surface area contributed by atoms with Crippen LogP contribution in [-0.4, -0.2) is 53.4 Å². The fourth-order valence-electron chi connectivity index (χ4n) is 3.90. The summed E-state index contributed by atoms with van der Waals surface area (Å²) in [5.41, 5.74) is 5.81. The summed E-state index contributed by atoms with van der Waals surface area (Å²) in [5, 5.41) is 10.4. The first-order valence-electron chi connectivity index (χ1n) is 13.3. The second-order valence-electron chi connectivity index (χ2n) is 11.2. The molecule has 0 aromatic heterocycles. The van der Waals surface area contributed by atoms with Crippen molar-refractivity contribution in [2.24, 2.45) is 17.1 Å². The van der Waals surface area contributed by atoms with Gasteiger partial charge in [-0.3, -0.25) is 28.8 Å². The van der Waals surface area contributed by atoms with Gasteiger partial charge in [0.05, 0.1) is 6.04 Å². The van der Waals surface area contributed by atoms with Crippen molar-refractivity contribution in [2.45, 2.75) is 66.2 Å². The zero-order chi connectivity index (χ0) is 30.9. The number of primary amides is 1. The summed E-state index contributed by atoms with van der Waals surface area (Å²) in [6, 6.07) is 11.6. The Bertz CT molecular complexity index is 1290. The van der Waals surface area contributed by atoms with Gasteiger partial charge < -0.3 is 27.0 Å². The third-order valence-electron chi connectivity index (χ3n) is 6.33. The minimum atomic E-state index is -1.16. The van der Waals surface area contributed by atoms with Crippen LogP contribution in [0.25, 0.3) is 0 Å². The molecule has 0 spiro atoms. The number of Topliss-reactive ketones (excluding diaryl/α,β-unsaturated/α-hetero) is 1. The molecule has 0 aliphatic carbocycles. The second-order valence-corrected chi connectivity index (χ2v) is 11.2. The van der Waals surface area contributed by atoms with Crippen molar-refractivity contribution in [2.75, 3.05) is 0 Å². The third kappa shape index (κ3) is 9.55. The largest absolute Gasteiger partial charge is 0.366 e. The Morgan fingerprint density at radius 2 is 1.39 bits per heavy atom. The summed E-state index contributed by atoms with van der Waals surface area (Å²) >= 11 is 0. The zero-order valence-electron chi connectivity index (χ0n) is 24.2. The molecule has 2 aromatic carbocycles. The lowest BCUT2D eigenvalue weighted by molar-refractivity contribution is -0.141. The normalized spacial score (nSPS) is 13.3. The lowest BCUT2D eigenvalue weighted by Gasteiger charge is -2.31. The van der Waals surface area contributed by atoms with E-state index in [9.17, 15) is 28.8 Å². The molecule has 6 N–H and O–H groups in total. The van der Waals surface area contributed by atoms with Gasteiger partial charge in [0.25, 0.3) is 11.8 Å². The van der Waals surface area contributed by atoms with Crippen LogP contribution in [0.5, 0.6) is 0 Å². The molecule has 0 saturated heterocycles. The average molecular weight is 566 g/mol. The average Bonchev–Trinajstić information content (AvgIpc) is 2.92. The number of rotatable bonds is 12. The van der Waals surface area contributed by atoms with E-state index in [0.717, 1.165) is 0 Å². The highest BCUT2D eigenvalue weighted by molar-refractivity contribution is 6.38. The maximum Gasteiger partial charge on any atom is 0.289 e. The van der Waals surface area contributed by atoms with Gasteiger partial charge in [0, 0.05) is 17.7 Å². The number of nitrogens with one attached hydrogen (secondary N) is 4. The van der Waals surface area contributed by atoms with Crippen LogP contribution in [0.1, 0.15) is 67.8 Å². The van der Waals surface area contributed by atoms with Gasteiger partial charge in [0.1, 0.15) is 12.1 Å². The molecule has 0 aliphatic rings. The highest BCUT2D eigenvalue weighted by Gasteiger charge is 2.35. The van der Waals surface area contributed by atoms with E-state index in [1.54, 1.807) is 77.1 Å². The van der Waals surface area contributed by atoms with Crippen molar-refractivity contribution >= 4 is 35.3 Å². The first kappa shape index (κ1) is 32.7. The number of carbonyl (C=O) groups is 6. The maximum absolute atomic E-state index is 13.2. The quantitative estimate of drug-likeness (QED) is 0.243. The fraction of sp³-hybridized carbons (Fsp3) is 0.400. The van der Waals surface area contributed by atoms with E-state index in [1.165, 1.54) is 19.1 Å². The molecule has 220 valence electrons. The molecule has 0 radical (unpaired) electrons. The Morgan fingerprint density at radius 1 is 0.780 bits per heavy atom. The number of ketones is 1. The van der Waals surface area contributed by atoms with Crippen molar-refractivity contribution < 1.29 is 28.8 Å². The SMILES string of the molecule is CC(C)[C@H](NC(=O)[C@H](C)NC(=O)[C@@H](NC(=O)c1ccccc1)C(C)(C)C)C(=O)C(=O)NCc1cccc(C(N)=O)c1. The first-order chi connectivity index (χ1) is 19.1. The number of amides is 5. The first-order valence-corrected chi connectivity index (χ1v) is 13.3. The molecule has 11 nitrogen and oxygen atoms in total. The van der Waals surface area contributed by atoms with Gasteiger partial charge in [-0.1, -0.05) is 65.0 Å². The van der Waals surface area contributed by atoms with Crippen molar-refractivity contribution in [3.63, 3.8) is 0 Å². The van der Waals surface area contributed by atoms with E-state index >= 15 is 0 Å². The van der Waals surface area contributed by atoms with E-state index in [-0.39, 0.29) is 12.1 Å². The standard InChI is InChI=1S/C30H39N5O6/c1-17(2)22(23(36)28(40)32-16-19-11-10-14-21(15-19)25(31)37)34-26(38)18(3)33-29(41)24(30(4,5)6)35-27(39)20-12-8-7-9-13-20/h7-15,17-18,22,24H,16H2,1-6H3,(H2,31,37)(H,32,40)(H,33,41)(H,34,38)(H,35,39)/t18-,22-,24+/m0/s1. The van der Waals surface area contributed by atoms with Crippen LogP contribution in [0, 0.1) is 11.3 Å². The topological polar surface area (TPSA) is 177 Å². The zero-order valence-corrected chi connectivity index (χ0v) is 24.2. The van der Waals surface area contributed by atoms with Crippen molar-refractivity contribution in [1.82, 2.24) is 21.3 Å². The van der Waals surface area contributed by atoms with Gasteiger partial charge in [-0.2, -0.15) is 0 Å². The fourth-order valence-corrected chi connectivity index (χ4v) is 3.90. The monoisotopic (exact) mass is 565 g/mol. The number of benzene rings is 2. The summed E-state index contributed by atoms with van der Waals surface area (Å²) in [6.45, 7) is 10.1. The molecule has 0 bridgehead atoms. The van der Waals surface area contributed by atoms with Crippen LogP contribution in [0.15, 0.2) is 54.6 Å². The Labute approximate surface area is 240 Å². The minimum Gasteiger partial charge on any atom is -0.366 e. The van der Waals surface area contributed by atoms with Gasteiger partial charge in [0.2, 0.25) is 23.5 Å². The van der Waals surface area contributed by atoms with Crippen molar-refractivity contribution in [3.8, 4) is 0 Å². The Balaban J connectivity index is 2.03. The Hall–Kier alpha value is -4.54. The van der Waals surface area contributed by atoms with Crippen molar-refractivity contribution in [3.05, 3.63) is 71.3 Å². The molecule has 0 heterocycles. The molecule has 2 aromatic rings. The molecule has 0 fully saturated rings. The predicted molar refractivity (Wildman–Crippen MR) is 153 cm³/mol. The highest BCUT2D eigenvalue weighted by Crippen LogP contribution is 2.20. The lowest BCUT2D eigenvalue weighted by Crippen LogP contribution is -2.59. The van der Waals surface area contributed by atoms with E-state index in [4.69, 9.17) is 5.73 Å². The summed E-state index contributed by atoms with van der Waals surface area (Å²) < 4.78 is 0. The number of hydrogen-bond acceptors (Lipinski definition) is 6. The molecule has 2 rings (SSSR count). The van der Waals surface area contributed by atoms with Gasteiger partial charge in [0.15, 0.2) is 0 Å². The Kier molecular flexibility index (Phi) is 11.3. The number of nitrogens with two attached hydrogens (primary N) is 1. The van der Waals surface area contributed by atoms with Crippen LogP contribution >= 0.6 is 0 Å².